The van der Waals surface area contributed by atoms with Gasteiger partial charge in [-0.25, -0.2) is 19.2 Å². The van der Waals surface area contributed by atoms with Gasteiger partial charge in [0.25, 0.3) is 5.91 Å². The zero-order valence-electron chi connectivity index (χ0n) is 21.5. The number of hydrogen-bond acceptors (Lipinski definition) is 6. The summed E-state index contributed by atoms with van der Waals surface area (Å²) in [7, 11) is 3.38. The Morgan fingerprint density at radius 1 is 1.11 bits per heavy atom. The highest BCUT2D eigenvalue weighted by Crippen LogP contribution is 2.33. The molecule has 10 nitrogen and oxygen atoms in total. The molecule has 0 saturated carbocycles. The second-order valence-corrected chi connectivity index (χ2v) is 9.00. The van der Waals surface area contributed by atoms with Crippen molar-refractivity contribution in [3.63, 3.8) is 0 Å². The smallest absolute Gasteiger partial charge is 0.330 e. The minimum Gasteiger partial charge on any atom is -0.357 e. The van der Waals surface area contributed by atoms with Crippen molar-refractivity contribution in [1.29, 1.82) is 0 Å². The van der Waals surface area contributed by atoms with Crippen molar-refractivity contribution >= 4 is 35.1 Å². The third-order valence-corrected chi connectivity index (χ3v) is 6.56. The maximum atomic E-state index is 13.9. The molecule has 0 unspecified atom stereocenters. The lowest BCUT2D eigenvalue weighted by atomic mass is 10.1. The number of nitrogens with zero attached hydrogens (tertiary/aromatic N) is 6. The predicted octanol–water partition coefficient (Wildman–Crippen LogP) is 4.62. The Morgan fingerprint density at radius 2 is 1.92 bits per heavy atom. The lowest BCUT2D eigenvalue weighted by Gasteiger charge is -2.35. The summed E-state index contributed by atoms with van der Waals surface area (Å²) < 4.78 is 15.7. The number of halogens is 1. The number of amides is 3. The fourth-order valence-electron chi connectivity index (χ4n) is 4.50. The van der Waals surface area contributed by atoms with E-state index in [4.69, 9.17) is 0 Å². The molecule has 38 heavy (non-hydrogen) atoms. The van der Waals surface area contributed by atoms with Crippen LogP contribution in [0.1, 0.15) is 32.9 Å². The number of carbonyl (C=O) groups excluding carboxylic acids is 2. The zero-order chi connectivity index (χ0) is 27.0. The third kappa shape index (κ3) is 4.42. The first kappa shape index (κ1) is 24.9. The first-order valence-electron chi connectivity index (χ1n) is 12.0. The van der Waals surface area contributed by atoms with E-state index in [0.717, 1.165) is 17.0 Å². The number of aromatic nitrogens is 4. The largest absolute Gasteiger partial charge is 0.357 e. The molecule has 0 atom stereocenters. The zero-order valence-corrected chi connectivity index (χ0v) is 21.5. The fourth-order valence-corrected chi connectivity index (χ4v) is 4.50. The van der Waals surface area contributed by atoms with E-state index in [1.54, 1.807) is 72.5 Å². The van der Waals surface area contributed by atoms with E-state index in [1.165, 1.54) is 4.90 Å². The SMILES string of the molecule is CNc1ncc2c(n1)N(C)C(=O)N(c1cc(NC(=O)c3ccc(-n4ccnc4C)c(CF)c3)ccc1C)C2. The number of carbonyl (C=O) groups is 2. The quantitative estimate of drug-likeness (QED) is 0.389. The average Bonchev–Trinajstić information content (AvgIpc) is 3.36. The summed E-state index contributed by atoms with van der Waals surface area (Å²) in [5, 5.41) is 5.76. The second kappa shape index (κ2) is 9.92. The van der Waals surface area contributed by atoms with Crippen molar-refractivity contribution in [2.45, 2.75) is 27.1 Å². The maximum Gasteiger partial charge on any atom is 0.330 e. The second-order valence-electron chi connectivity index (χ2n) is 9.00. The molecule has 0 bridgehead atoms. The van der Waals surface area contributed by atoms with Gasteiger partial charge in [0.15, 0.2) is 0 Å². The van der Waals surface area contributed by atoms with Gasteiger partial charge in [-0.2, -0.15) is 4.98 Å². The van der Waals surface area contributed by atoms with Crippen LogP contribution < -0.4 is 20.4 Å². The highest BCUT2D eigenvalue weighted by atomic mass is 19.1. The number of alkyl halides is 1. The van der Waals surface area contributed by atoms with E-state index in [0.29, 0.717) is 40.0 Å². The van der Waals surface area contributed by atoms with Crippen LogP contribution in [-0.4, -0.2) is 45.6 Å². The molecule has 4 aromatic rings. The maximum absolute atomic E-state index is 13.9. The van der Waals surface area contributed by atoms with Gasteiger partial charge in [0.2, 0.25) is 5.95 Å². The Hall–Kier alpha value is -4.80. The minimum atomic E-state index is -0.728. The van der Waals surface area contributed by atoms with Crippen molar-refractivity contribution in [2.75, 3.05) is 34.5 Å². The van der Waals surface area contributed by atoms with E-state index < -0.39 is 6.67 Å². The molecule has 0 aliphatic carbocycles. The number of benzene rings is 2. The molecule has 0 radical (unpaired) electrons. The molecule has 5 rings (SSSR count). The first-order chi connectivity index (χ1) is 18.3. The van der Waals surface area contributed by atoms with Crippen LogP contribution in [0.5, 0.6) is 0 Å². The Labute approximate surface area is 219 Å². The summed E-state index contributed by atoms with van der Waals surface area (Å²) in [4.78, 5) is 42.3. The van der Waals surface area contributed by atoms with Gasteiger partial charge in [-0.3, -0.25) is 14.6 Å². The number of nitrogens with one attached hydrogen (secondary N) is 2. The van der Waals surface area contributed by atoms with Crippen LogP contribution in [-0.2, 0) is 13.2 Å². The lowest BCUT2D eigenvalue weighted by Crippen LogP contribution is -2.46. The standard InChI is InChI=1S/C27H27FN8O2/c1-16-5-7-21(12-23(16)36-15-20-14-31-26(29-3)33-24(20)34(4)27(36)38)32-25(37)18-6-8-22(19(11-18)13-28)35-10-9-30-17(35)2/h5-12,14H,13,15H2,1-4H3,(H,32,37)(H,29,31,33). The molecule has 2 aromatic heterocycles. The molecule has 11 heteroatoms. The molecule has 0 fully saturated rings. The van der Waals surface area contributed by atoms with Crippen molar-refractivity contribution in [1.82, 2.24) is 19.5 Å². The minimum absolute atomic E-state index is 0.247. The molecule has 0 saturated heterocycles. The topological polar surface area (TPSA) is 108 Å². The van der Waals surface area contributed by atoms with Crippen molar-refractivity contribution in [2.24, 2.45) is 0 Å². The molecule has 0 spiro atoms. The number of aryl methyl sites for hydroxylation is 2. The summed E-state index contributed by atoms with van der Waals surface area (Å²) in [6, 6.07) is 10.0. The van der Waals surface area contributed by atoms with Gasteiger partial charge in [-0.15, -0.1) is 0 Å². The van der Waals surface area contributed by atoms with Gasteiger partial charge in [-0.1, -0.05) is 6.07 Å². The van der Waals surface area contributed by atoms with E-state index in [9.17, 15) is 14.0 Å². The van der Waals surface area contributed by atoms with Crippen molar-refractivity contribution in [3.05, 3.63) is 83.1 Å². The number of rotatable bonds is 6. The summed E-state index contributed by atoms with van der Waals surface area (Å²) in [5.41, 5.74) is 4.16. The molecule has 194 valence electrons. The molecule has 3 heterocycles. The number of fused-ring (bicyclic) bond motifs is 1. The van der Waals surface area contributed by atoms with Crippen LogP contribution >= 0.6 is 0 Å². The molecule has 2 aromatic carbocycles. The number of hydrogen-bond donors (Lipinski definition) is 2. The molecule has 1 aliphatic rings. The normalized spacial score (nSPS) is 12.9. The highest BCUT2D eigenvalue weighted by molar-refractivity contribution is 6.07. The summed E-state index contributed by atoms with van der Waals surface area (Å²) >= 11 is 0. The Balaban J connectivity index is 1.41. The molecular weight excluding hydrogens is 487 g/mol. The fraction of sp³-hybridized carbons (Fsp3) is 0.222. The molecule has 2 N–H and O–H groups in total. The third-order valence-electron chi connectivity index (χ3n) is 6.56. The van der Waals surface area contributed by atoms with Gasteiger partial charge in [0.1, 0.15) is 18.3 Å². The molecular formula is C27H27FN8O2. The van der Waals surface area contributed by atoms with Gasteiger partial charge in [0, 0.05) is 55.1 Å². The summed E-state index contributed by atoms with van der Waals surface area (Å²) in [6.45, 7) is 3.28. The first-order valence-corrected chi connectivity index (χ1v) is 12.0. The lowest BCUT2D eigenvalue weighted by molar-refractivity contribution is 0.102. The van der Waals surface area contributed by atoms with Gasteiger partial charge in [0.05, 0.1) is 17.9 Å². The van der Waals surface area contributed by atoms with Crippen LogP contribution in [0.4, 0.5) is 32.3 Å². The van der Waals surface area contributed by atoms with Gasteiger partial charge >= 0.3 is 6.03 Å². The van der Waals surface area contributed by atoms with Gasteiger partial charge < -0.3 is 15.2 Å². The number of urea groups is 1. The molecule has 1 aliphatic heterocycles. The van der Waals surface area contributed by atoms with Crippen molar-refractivity contribution < 1.29 is 14.0 Å². The number of anilines is 4. The van der Waals surface area contributed by atoms with Crippen LogP contribution in [0.3, 0.4) is 0 Å². The van der Waals surface area contributed by atoms with Crippen LogP contribution in [0.15, 0.2) is 55.0 Å². The summed E-state index contributed by atoms with van der Waals surface area (Å²) in [6.07, 6.45) is 5.09. The summed E-state index contributed by atoms with van der Waals surface area (Å²) in [5.74, 6) is 1.31. The Morgan fingerprint density at radius 3 is 2.63 bits per heavy atom. The Kier molecular flexibility index (Phi) is 6.50. The average molecular weight is 515 g/mol. The van der Waals surface area contributed by atoms with Crippen LogP contribution in [0.2, 0.25) is 0 Å². The molecule has 3 amide bonds. The van der Waals surface area contributed by atoms with E-state index in [-0.39, 0.29) is 18.5 Å². The highest BCUT2D eigenvalue weighted by Gasteiger charge is 2.31. The van der Waals surface area contributed by atoms with Crippen LogP contribution in [0, 0.1) is 13.8 Å². The van der Waals surface area contributed by atoms with Crippen molar-refractivity contribution in [3.8, 4) is 5.69 Å². The monoisotopic (exact) mass is 514 g/mol. The number of imidazole rings is 1. The Bertz CT molecular complexity index is 1550. The van der Waals surface area contributed by atoms with E-state index in [1.807, 2.05) is 19.9 Å². The van der Waals surface area contributed by atoms with Gasteiger partial charge in [-0.05, 0) is 49.7 Å². The predicted molar refractivity (Wildman–Crippen MR) is 144 cm³/mol. The van der Waals surface area contributed by atoms with Crippen LogP contribution in [0.25, 0.3) is 5.69 Å². The van der Waals surface area contributed by atoms with E-state index in [2.05, 4.69) is 25.6 Å². The van der Waals surface area contributed by atoms with E-state index >= 15 is 0 Å².